The predicted molar refractivity (Wildman–Crippen MR) is 547 cm³/mol. The molecular weight excluding hydrogens is 1780 g/mol. The number of para-hydroxylation sites is 2. The first-order chi connectivity index (χ1) is 58.2. The standard InChI is InChI=1S/C48H33NO2S8.C46H29NO2S8.2C2H6/c1-22-16-35(55-27(22)6)37-19-29-40(33-14-12-24(3)52-33)44-30(41(43(29)57-37)34-15-13-25(4)53-34)20-38(58-44)36-17-23(2)42(56-36)39-21-32-46(59-39)45-31(18-26(5)54-45)47(50)49(48(32)51)28-10-8-7-9-11-28;1-22-10-13-31(50-22)36-19-27-39(34-14-11-23(2)51-34)42-28(40(41(27)55-36)35-15-12-24(3)52-35)20-37(56-42)32-16-17-33(54-32)38-21-30-44(57-38)43-29(18-25(4)53-43)45(48)47(46(30)49)26-8-6-5-7-9-26;2*1-2/h7-21H,1-6H3;5-21H,1-4H3;2*1-2H3. The SMILES string of the molecule is CC.CC.Cc1ccc(-c2c3cc(-c4cc(C)c(-c5cc6c(=O)n(-c7ccccc7)c(=O)c7cc(C)sc7c6s5)s4)sc3c(-c3ccc(C)s3)c3cc(-c4cc(C)c(C)s4)sc23)s1.Cc1ccc(-c2cc3c(-c4ccc(C)s4)c4sc(-c5ccc(-c6cc7c(=O)n(-c8ccccc8)c(=O)c8cc(C)sc8c7s6)s5)cc4c(-c4ccc(C)s4)c3s2)s1. The normalized spacial score (nSPS) is 11.7. The lowest BCUT2D eigenvalue weighted by atomic mass is 9.99. The summed E-state index contributed by atoms with van der Waals surface area (Å²) >= 11 is 28.9. The molecule has 0 aliphatic carbocycles. The number of benzene rings is 4. The lowest BCUT2D eigenvalue weighted by Crippen LogP contribution is -2.28. The second-order valence-electron chi connectivity index (χ2n) is 29.1. The van der Waals surface area contributed by atoms with Gasteiger partial charge in [0, 0.05) is 180 Å². The minimum Gasteiger partial charge on any atom is -0.268 e. The Morgan fingerprint density at radius 2 is 0.467 bits per heavy atom. The van der Waals surface area contributed by atoms with Crippen LogP contribution in [-0.4, -0.2) is 9.13 Å². The molecule has 596 valence electrons. The molecule has 18 aromatic heterocycles. The Labute approximate surface area is 757 Å². The second kappa shape index (κ2) is 32.6. The van der Waals surface area contributed by atoms with Gasteiger partial charge in [-0.25, -0.2) is 9.13 Å². The molecular formula is C98H74N2O4S16. The molecule has 0 unspecified atom stereocenters. The first-order valence-electron chi connectivity index (χ1n) is 39.2. The summed E-state index contributed by atoms with van der Waals surface area (Å²) in [5.74, 6) is 0. The van der Waals surface area contributed by atoms with E-state index in [0.29, 0.717) is 32.9 Å². The maximum atomic E-state index is 14.4. The van der Waals surface area contributed by atoms with E-state index in [1.807, 2.05) is 240 Å². The quantitative estimate of drug-likeness (QED) is 0.122. The number of nitrogens with zero attached hydrogens (tertiary/aromatic N) is 2. The third kappa shape index (κ3) is 14.2. The van der Waals surface area contributed by atoms with Crippen molar-refractivity contribution in [3.63, 3.8) is 0 Å². The molecule has 18 heterocycles. The van der Waals surface area contributed by atoms with Gasteiger partial charge in [-0.1, -0.05) is 64.1 Å². The van der Waals surface area contributed by atoms with Crippen molar-refractivity contribution in [2.45, 2.75) is 96.9 Å². The smallest absolute Gasteiger partial charge is 0.266 e. The Morgan fingerprint density at radius 3 is 0.808 bits per heavy atom. The number of fused-ring (bicyclic) bond motifs is 10. The number of rotatable bonds is 12. The molecule has 120 heavy (non-hydrogen) atoms. The maximum Gasteiger partial charge on any atom is 0.266 e. The van der Waals surface area contributed by atoms with E-state index in [2.05, 4.69) is 165 Å². The molecule has 0 spiro atoms. The highest BCUT2D eigenvalue weighted by molar-refractivity contribution is 7.35. The highest BCUT2D eigenvalue weighted by Crippen LogP contribution is 2.59. The zero-order valence-electron chi connectivity index (χ0n) is 67.5. The lowest BCUT2D eigenvalue weighted by molar-refractivity contribution is 0.976. The van der Waals surface area contributed by atoms with Gasteiger partial charge in [0.15, 0.2) is 0 Å². The van der Waals surface area contributed by atoms with Crippen LogP contribution in [0.3, 0.4) is 0 Å². The third-order valence-electron chi connectivity index (χ3n) is 21.1. The third-order valence-corrected chi connectivity index (χ3v) is 40.1. The number of thiophene rings is 16. The zero-order chi connectivity index (χ0) is 83.1. The predicted octanol–water partition coefficient (Wildman–Crippen LogP) is 34.4. The van der Waals surface area contributed by atoms with Crippen molar-refractivity contribution in [3.05, 3.63) is 286 Å². The molecule has 0 fully saturated rings. The van der Waals surface area contributed by atoms with Gasteiger partial charge in [0.2, 0.25) is 0 Å². The molecule has 0 saturated carbocycles. The fraction of sp³-hybridized carbons (Fsp3) is 0.143. The Bertz CT molecular complexity index is 7880. The molecule has 22 heteroatoms. The van der Waals surface area contributed by atoms with Crippen molar-refractivity contribution < 1.29 is 0 Å². The molecule has 6 nitrogen and oxygen atoms in total. The monoisotopic (exact) mass is 1850 g/mol. The highest BCUT2D eigenvalue weighted by atomic mass is 32.2. The molecule has 0 bridgehead atoms. The van der Waals surface area contributed by atoms with Crippen molar-refractivity contribution in [2.75, 3.05) is 0 Å². The van der Waals surface area contributed by atoms with Crippen LogP contribution in [0.1, 0.15) is 77.8 Å². The van der Waals surface area contributed by atoms with Crippen LogP contribution in [-0.2, 0) is 0 Å². The van der Waals surface area contributed by atoms with Crippen LogP contribution >= 0.6 is 181 Å². The topological polar surface area (TPSA) is 78.1 Å². The first-order valence-corrected chi connectivity index (χ1v) is 52.3. The first kappa shape index (κ1) is 81.1. The van der Waals surface area contributed by atoms with Crippen LogP contribution in [0, 0.1) is 69.2 Å². The summed E-state index contributed by atoms with van der Waals surface area (Å²) in [4.78, 5) is 86.4. The van der Waals surface area contributed by atoms with Crippen molar-refractivity contribution in [3.8, 4) is 112 Å². The van der Waals surface area contributed by atoms with E-state index in [9.17, 15) is 19.2 Å². The van der Waals surface area contributed by atoms with Crippen LogP contribution in [0.4, 0.5) is 0 Å². The van der Waals surface area contributed by atoms with Crippen molar-refractivity contribution in [1.82, 2.24) is 9.13 Å². The minimum atomic E-state index is -0.281. The minimum absolute atomic E-state index is 0.271. The van der Waals surface area contributed by atoms with Gasteiger partial charge in [-0.3, -0.25) is 19.2 Å². The Hall–Kier alpha value is -8.60. The summed E-state index contributed by atoms with van der Waals surface area (Å²) in [6.45, 7) is 29.6. The molecule has 0 aliphatic rings. The molecule has 0 N–H and O–H groups in total. The van der Waals surface area contributed by atoms with Crippen molar-refractivity contribution in [1.29, 1.82) is 0 Å². The van der Waals surface area contributed by atoms with Gasteiger partial charge in [0.25, 0.3) is 22.2 Å². The van der Waals surface area contributed by atoms with Gasteiger partial charge in [-0.15, -0.1) is 181 Å². The fourth-order valence-corrected chi connectivity index (χ4v) is 33.8. The summed E-state index contributed by atoms with van der Waals surface area (Å²) in [5, 5.41) is 7.60. The zero-order valence-corrected chi connectivity index (χ0v) is 80.6. The van der Waals surface area contributed by atoms with E-state index < -0.39 is 0 Å². The van der Waals surface area contributed by atoms with Crippen LogP contribution < -0.4 is 22.2 Å². The van der Waals surface area contributed by atoms with Crippen LogP contribution in [0.5, 0.6) is 0 Å². The van der Waals surface area contributed by atoms with Crippen molar-refractivity contribution >= 4 is 262 Å². The molecule has 0 amide bonds. The molecule has 22 rings (SSSR count). The van der Waals surface area contributed by atoms with E-state index in [-0.39, 0.29) is 22.2 Å². The summed E-state index contributed by atoms with van der Waals surface area (Å²) < 4.78 is 11.5. The molecule has 4 aromatic carbocycles. The summed E-state index contributed by atoms with van der Waals surface area (Å²) in [7, 11) is 0. The molecule has 22 aromatic rings. The maximum absolute atomic E-state index is 14.4. The molecule has 0 aliphatic heterocycles. The number of aryl methyl sites for hydroxylation is 10. The van der Waals surface area contributed by atoms with Gasteiger partial charge < -0.3 is 0 Å². The largest absolute Gasteiger partial charge is 0.268 e. The van der Waals surface area contributed by atoms with Gasteiger partial charge in [-0.2, -0.15) is 0 Å². The van der Waals surface area contributed by atoms with E-state index in [0.717, 1.165) is 48.1 Å². The number of hydrogen-bond acceptors (Lipinski definition) is 20. The number of hydrogen-bond donors (Lipinski definition) is 0. The van der Waals surface area contributed by atoms with E-state index in [4.69, 9.17) is 0 Å². The Kier molecular flexibility index (Phi) is 22.0. The summed E-state index contributed by atoms with van der Waals surface area (Å²) in [6, 6.07) is 68.0. The highest BCUT2D eigenvalue weighted by Gasteiger charge is 2.30. The lowest BCUT2D eigenvalue weighted by Gasteiger charge is -2.09. The van der Waals surface area contributed by atoms with Gasteiger partial charge in [0.05, 0.1) is 51.7 Å². The number of aromatic nitrogens is 2. The van der Waals surface area contributed by atoms with Crippen LogP contribution in [0.2, 0.25) is 0 Å². The van der Waals surface area contributed by atoms with Gasteiger partial charge in [-0.05, 0) is 238 Å². The summed E-state index contributed by atoms with van der Waals surface area (Å²) in [6.07, 6.45) is 0. The molecule has 0 atom stereocenters. The molecule has 0 radical (unpaired) electrons. The van der Waals surface area contributed by atoms with Crippen LogP contribution in [0.25, 0.3) is 192 Å². The van der Waals surface area contributed by atoms with E-state index >= 15 is 0 Å². The Morgan fingerprint density at radius 1 is 0.200 bits per heavy atom. The molecule has 0 saturated heterocycles. The van der Waals surface area contributed by atoms with Crippen molar-refractivity contribution in [2.24, 2.45) is 0 Å². The average Bonchev–Trinajstić information content (AvgIpc) is 1.55. The average molecular weight is 1860 g/mol. The fourth-order valence-electron chi connectivity index (χ4n) is 15.6. The van der Waals surface area contributed by atoms with E-state index in [1.54, 1.807) is 68.0 Å². The van der Waals surface area contributed by atoms with Gasteiger partial charge in [0.1, 0.15) is 0 Å². The van der Waals surface area contributed by atoms with E-state index in [1.165, 1.54) is 171 Å². The van der Waals surface area contributed by atoms with Gasteiger partial charge >= 0.3 is 0 Å². The Balaban J connectivity index is 0.000000153. The van der Waals surface area contributed by atoms with Crippen LogP contribution in [0.15, 0.2) is 213 Å². The summed E-state index contributed by atoms with van der Waals surface area (Å²) in [5.41, 5.74) is 7.93. The second-order valence-corrected chi connectivity index (χ2v) is 47.7.